The highest BCUT2D eigenvalue weighted by molar-refractivity contribution is 7.00. The van der Waals surface area contributed by atoms with Crippen molar-refractivity contribution >= 4 is 145 Å². The van der Waals surface area contributed by atoms with E-state index in [1.54, 1.807) is 0 Å². The molecule has 0 saturated heterocycles. The molecule has 466 valence electrons. The molecule has 0 aliphatic carbocycles. The third-order valence-electron chi connectivity index (χ3n) is 19.4. The van der Waals surface area contributed by atoms with E-state index < -0.39 is 189 Å². The van der Waals surface area contributed by atoms with Crippen LogP contribution in [0.4, 0.5) is 34.1 Å². The molecular weight excluding hydrogens is 1180 g/mol. The highest BCUT2D eigenvalue weighted by Crippen LogP contribution is 2.57. The van der Waals surface area contributed by atoms with Crippen LogP contribution < -0.4 is 26.2 Å². The van der Waals surface area contributed by atoms with Crippen LogP contribution in [0, 0.1) is 0 Å². The lowest BCUT2D eigenvalue weighted by atomic mass is 9.33. The third kappa shape index (κ3) is 8.40. The molecule has 0 saturated carbocycles. The number of rotatable bonds is 6. The van der Waals surface area contributed by atoms with Crippen LogP contribution in [-0.2, 0) is 16.2 Å². The summed E-state index contributed by atoms with van der Waals surface area (Å²) in [4.78, 5) is 3.61. The predicted octanol–water partition coefficient (Wildman–Crippen LogP) is 23.0. The summed E-state index contributed by atoms with van der Waals surface area (Å²) in [6.45, 7) is 16.8. The van der Waals surface area contributed by atoms with Gasteiger partial charge in [-0.1, -0.05) is 244 Å². The quantitative estimate of drug-likeness (QED) is 0.156. The Kier molecular flexibility index (Phi) is 8.27. The minimum absolute atomic E-state index is 0.199. The Morgan fingerprint density at radius 1 is 0.361 bits per heavy atom. The molecule has 2 aliphatic rings. The summed E-state index contributed by atoms with van der Waals surface area (Å²) in [5.41, 5.74) is 1.32. The van der Waals surface area contributed by atoms with Crippen molar-refractivity contribution in [1.82, 2.24) is 9.13 Å². The second kappa shape index (κ2) is 20.6. The Morgan fingerprint density at radius 2 is 0.722 bits per heavy atom. The summed E-state index contributed by atoms with van der Waals surface area (Å²) in [5.74, 6) is 0. The maximum Gasteiger partial charge on any atom is 0.252 e. The molecule has 97 heavy (non-hydrogen) atoms. The van der Waals surface area contributed by atoms with Gasteiger partial charge < -0.3 is 27.8 Å². The Labute approximate surface area is 595 Å². The number of hydrogen-bond donors (Lipinski definition) is 0. The summed E-state index contributed by atoms with van der Waals surface area (Å²) < 4.78 is 237. The molecule has 0 radical (unpaired) electrons. The lowest BCUT2D eigenvalue weighted by molar-refractivity contribution is 0.590. The molecule has 4 aromatic heterocycles. The van der Waals surface area contributed by atoms with Crippen LogP contribution in [0.1, 0.15) is 109 Å². The van der Waals surface area contributed by atoms with E-state index in [0.717, 1.165) is 20.3 Å². The lowest BCUT2D eigenvalue weighted by Crippen LogP contribution is -2.61. The molecule has 6 nitrogen and oxygen atoms in total. The van der Waals surface area contributed by atoms with Gasteiger partial charge in [0.15, 0.2) is 11.2 Å². The van der Waals surface area contributed by atoms with Gasteiger partial charge in [-0.05, 0) is 145 Å². The average molecular weight is 1270 g/mol. The fourth-order valence-electron chi connectivity index (χ4n) is 15.0. The van der Waals surface area contributed by atoms with Crippen LogP contribution in [0.2, 0.25) is 0 Å². The number of benzene rings is 13. The summed E-state index contributed by atoms with van der Waals surface area (Å²) in [5, 5.41) is 1.25. The molecule has 0 unspecified atom stereocenters. The van der Waals surface area contributed by atoms with E-state index in [-0.39, 0.29) is 83.2 Å². The van der Waals surface area contributed by atoms with Crippen LogP contribution in [0.15, 0.2) is 275 Å². The number of fused-ring (bicyclic) bond motifs is 16. The van der Waals surface area contributed by atoms with Crippen LogP contribution in [0.3, 0.4) is 0 Å². The molecule has 0 N–H and O–H groups in total. The van der Waals surface area contributed by atoms with Gasteiger partial charge in [0.1, 0.15) is 11.2 Å². The lowest BCUT2D eigenvalue weighted by Gasteiger charge is -2.46. The van der Waals surface area contributed by atoms with Crippen molar-refractivity contribution in [3.05, 3.63) is 283 Å². The summed E-state index contributed by atoms with van der Waals surface area (Å²) in [6.07, 6.45) is 0. The van der Waals surface area contributed by atoms with Gasteiger partial charge in [-0.25, -0.2) is 0 Å². The number of anilines is 6. The van der Waals surface area contributed by atoms with Crippen LogP contribution in [0.25, 0.3) is 121 Å². The average Bonchev–Trinajstić information content (AvgIpc) is 1.56. The van der Waals surface area contributed by atoms with Crippen LogP contribution >= 0.6 is 0 Å². The van der Waals surface area contributed by atoms with Crippen LogP contribution in [0.5, 0.6) is 0 Å². The third-order valence-corrected chi connectivity index (χ3v) is 19.4. The summed E-state index contributed by atoms with van der Waals surface area (Å²) in [7, 11) is 0. The fourth-order valence-corrected chi connectivity index (χ4v) is 15.0. The van der Waals surface area contributed by atoms with E-state index in [0.29, 0.717) is 60.5 Å². The second-order valence-corrected chi connectivity index (χ2v) is 28.3. The zero-order valence-corrected chi connectivity index (χ0v) is 54.4. The first-order valence-electron chi connectivity index (χ1n) is 43.4. The smallest absolute Gasteiger partial charge is 0.252 e. The van der Waals surface area contributed by atoms with Gasteiger partial charge in [-0.15, -0.1) is 0 Å². The Morgan fingerprint density at radius 3 is 1.09 bits per heavy atom. The van der Waals surface area contributed by atoms with Gasteiger partial charge in [-0.3, -0.25) is 0 Å². The molecule has 0 fully saturated rings. The zero-order chi connectivity index (χ0) is 84.7. The van der Waals surface area contributed by atoms with Crippen LogP contribution in [-0.4, -0.2) is 15.8 Å². The van der Waals surface area contributed by atoms with E-state index in [9.17, 15) is 24.7 Å². The number of para-hydroxylation sites is 6. The van der Waals surface area contributed by atoms with Gasteiger partial charge in [0, 0.05) is 88.3 Å². The first kappa shape index (κ1) is 38.9. The van der Waals surface area contributed by atoms with Gasteiger partial charge >= 0.3 is 0 Å². The second-order valence-electron chi connectivity index (χ2n) is 28.3. The minimum Gasteiger partial charge on any atom is -0.454 e. The van der Waals surface area contributed by atoms with E-state index >= 15 is 0 Å². The van der Waals surface area contributed by atoms with E-state index in [2.05, 4.69) is 53.7 Å². The Hall–Kier alpha value is -11.3. The molecule has 17 aromatic rings. The number of nitrogens with zero attached hydrogens (tertiary/aromatic N) is 4. The van der Waals surface area contributed by atoms with Gasteiger partial charge in [0.25, 0.3) is 6.71 Å². The van der Waals surface area contributed by atoms with Crippen molar-refractivity contribution in [2.24, 2.45) is 0 Å². The first-order chi connectivity index (χ1) is 56.2. The molecule has 19 rings (SSSR count). The normalized spacial score (nSPS) is 16.5. The minimum atomic E-state index is -1.68. The first-order valence-corrected chi connectivity index (χ1v) is 32.4. The summed E-state index contributed by atoms with van der Waals surface area (Å²) in [6, 6.07) is 25.9. The molecule has 0 spiro atoms. The van der Waals surface area contributed by atoms with Crippen molar-refractivity contribution < 1.29 is 39.0 Å². The predicted molar refractivity (Wildman–Crippen MR) is 411 cm³/mol. The van der Waals surface area contributed by atoms with Gasteiger partial charge in [0.05, 0.1) is 63.6 Å². The van der Waals surface area contributed by atoms with Crippen molar-refractivity contribution in [2.45, 2.75) is 78.6 Å². The van der Waals surface area contributed by atoms with Crippen molar-refractivity contribution in [3.8, 4) is 33.6 Å². The largest absolute Gasteiger partial charge is 0.454 e. The number of furan rings is 2. The molecule has 13 aromatic carbocycles. The maximum absolute atomic E-state index is 11.7. The summed E-state index contributed by atoms with van der Waals surface area (Å²) >= 11 is 0. The molecule has 0 bridgehead atoms. The topological polar surface area (TPSA) is 42.6 Å². The highest BCUT2D eigenvalue weighted by atomic mass is 16.3. The monoisotopic (exact) mass is 1270 g/mol. The van der Waals surface area contributed by atoms with E-state index in [1.807, 2.05) is 152 Å². The zero-order valence-electron chi connectivity index (χ0n) is 76.4. The Balaban J connectivity index is 1.11. The van der Waals surface area contributed by atoms with E-state index in [1.165, 1.54) is 0 Å². The van der Waals surface area contributed by atoms with E-state index in [4.69, 9.17) is 14.3 Å². The van der Waals surface area contributed by atoms with Crippen molar-refractivity contribution in [1.29, 1.82) is 0 Å². The fraction of sp³-hybridized carbons (Fsp3) is 0.133. The number of hydrogen-bond acceptors (Lipinski definition) is 4. The van der Waals surface area contributed by atoms with Gasteiger partial charge in [-0.2, -0.15) is 0 Å². The standard InChI is InChI=1S/C90H71BN4O2/c1-88(2,3)56-48-77-83-78(49-56)95(85-66(55-30-14-11-15-31-55)53-68(90(7,8)9)82-64-37-21-27-43-80(64)97-87(82)85)76-51-58(93-73-40-24-18-34-61(73)62-35-19-25-41-74(62)93)45-47-70(76)91(83)69-46-44-57(92-71-38-22-16-32-59(71)60-33-17-23-39-72(60)92)50-75(69)94(77)84-65(54-28-12-10-13-29-54)52-67(89(4,5)6)81-63-36-20-26-42-79(63)96-86(81)84/h10-53H,1-9H3/i16D,17D,18D,19D,22D,23D,24D,25D,32D,33D,34D,35D,38D,39D,40D,41D,44D,45D,46D,47D,50D,51D. The molecule has 2 aliphatic heterocycles. The molecule has 0 atom stereocenters. The molecule has 6 heterocycles. The SMILES string of the molecule is [2H]c1c([2H])c(-n2c3c([2H])c([2H])c([2H])c([2H])c3c3c([2H])c([2H])c([2H])c([2H])c32)c([2H])c2c1B1c3c(cc(C(C)(C)C)cc3N(c3c(-c4ccccc4)cc(C(C)(C)C)c4c3oc3ccccc34)c3c([2H])c(-n4c5c([2H])c([2H])c([2H])c([2H])c5c5c([2H])c([2H])c([2H])c([2H])c54)c([2H])c([2H])c31)N2c1c(-c2ccccc2)cc(C(C)(C)C)c2c1oc1ccccc12. The molecule has 0 amide bonds. The van der Waals surface area contributed by atoms with Crippen molar-refractivity contribution in [2.75, 3.05) is 9.80 Å². The highest BCUT2D eigenvalue weighted by Gasteiger charge is 2.47. The number of aromatic nitrogens is 2. The Bertz CT molecular complexity index is 6950. The molecular formula is C90H71BN4O2. The maximum atomic E-state index is 11.7. The van der Waals surface area contributed by atoms with Gasteiger partial charge in [0.2, 0.25) is 0 Å². The van der Waals surface area contributed by atoms with Crippen molar-refractivity contribution in [3.63, 3.8) is 0 Å². The molecule has 7 heteroatoms.